The van der Waals surface area contributed by atoms with Crippen molar-refractivity contribution in [2.24, 2.45) is 5.73 Å². The first-order valence-electron chi connectivity index (χ1n) is 5.26. The van der Waals surface area contributed by atoms with Crippen LogP contribution in [0.3, 0.4) is 0 Å². The van der Waals surface area contributed by atoms with Crippen molar-refractivity contribution in [1.29, 1.82) is 0 Å². The number of carbonyl (C=O) groups excluding carboxylic acids is 1. The lowest BCUT2D eigenvalue weighted by Gasteiger charge is -2.26. The number of rotatable bonds is 6. The van der Waals surface area contributed by atoms with Gasteiger partial charge in [-0.25, -0.2) is 0 Å². The molecule has 0 saturated carbocycles. The van der Waals surface area contributed by atoms with Crippen molar-refractivity contribution in [2.75, 3.05) is 5.75 Å². The minimum atomic E-state index is -4.38. The number of alkyl halides is 3. The molecule has 2 N–H and O–H groups in total. The molecule has 0 aromatic rings. The lowest BCUT2D eigenvalue weighted by Crippen LogP contribution is -2.40. The van der Waals surface area contributed by atoms with Gasteiger partial charge in [0.05, 0.1) is 0 Å². The largest absolute Gasteiger partial charge is 0.458 e. The van der Waals surface area contributed by atoms with E-state index < -0.39 is 28.9 Å². The normalized spacial score (nSPS) is 14.5. The number of halogens is 3. The maximum absolute atomic E-state index is 11.9. The van der Waals surface area contributed by atoms with Crippen LogP contribution in [0.5, 0.6) is 0 Å². The highest BCUT2D eigenvalue weighted by molar-refractivity contribution is 8.00. The summed E-state index contributed by atoms with van der Waals surface area (Å²) in [5.74, 6) is -1.31. The summed E-state index contributed by atoms with van der Waals surface area (Å²) in [5.41, 5.74) is 0.266. The number of hydrogen-bond donors (Lipinski definition) is 1. The van der Waals surface area contributed by atoms with Gasteiger partial charge < -0.3 is 10.5 Å². The van der Waals surface area contributed by atoms with Crippen LogP contribution in [-0.4, -0.2) is 28.9 Å². The fourth-order valence-corrected chi connectivity index (χ4v) is 1.76. The molecule has 102 valence electrons. The number of hydrogen-bond acceptors (Lipinski definition) is 4. The van der Waals surface area contributed by atoms with Crippen LogP contribution in [0.4, 0.5) is 13.2 Å². The highest BCUT2D eigenvalue weighted by Gasteiger charge is 2.32. The summed E-state index contributed by atoms with van der Waals surface area (Å²) < 4.78 is 40.7. The Balaban J connectivity index is 4.14. The summed E-state index contributed by atoms with van der Waals surface area (Å²) in [6.07, 6.45) is 1.45. The lowest BCUT2D eigenvalue weighted by molar-refractivity contribution is -0.158. The predicted molar refractivity (Wildman–Crippen MR) is 61.6 cm³/mol. The molecule has 7 heteroatoms. The first-order valence-corrected chi connectivity index (χ1v) is 6.25. The third kappa shape index (κ3) is 8.31. The predicted octanol–water partition coefficient (Wildman–Crippen LogP) is 2.69. The molecule has 3 nitrogen and oxygen atoms in total. The molecule has 0 amide bonds. The minimum absolute atomic E-state index is 0.316. The van der Waals surface area contributed by atoms with Gasteiger partial charge in [-0.2, -0.15) is 13.2 Å². The van der Waals surface area contributed by atoms with E-state index in [1.54, 1.807) is 13.8 Å². The third-order valence-corrected chi connectivity index (χ3v) is 2.81. The zero-order chi connectivity index (χ0) is 13.7. The van der Waals surface area contributed by atoms with Crippen LogP contribution >= 0.6 is 11.8 Å². The van der Waals surface area contributed by atoms with Crippen molar-refractivity contribution in [1.82, 2.24) is 0 Å². The molecule has 0 spiro atoms. The van der Waals surface area contributed by atoms with Crippen LogP contribution in [0.1, 0.15) is 33.6 Å². The van der Waals surface area contributed by atoms with Gasteiger partial charge in [-0.05, 0) is 32.0 Å². The van der Waals surface area contributed by atoms with Crippen LogP contribution in [0.25, 0.3) is 0 Å². The maximum Gasteiger partial charge on any atom is 0.441 e. The van der Waals surface area contributed by atoms with E-state index in [-0.39, 0.29) is 11.8 Å². The van der Waals surface area contributed by atoms with Crippen LogP contribution in [0, 0.1) is 0 Å². The fraction of sp³-hybridized carbons (Fsp3) is 0.900. The topological polar surface area (TPSA) is 52.3 Å². The number of ether oxygens (including phenoxy) is 1. The lowest BCUT2D eigenvalue weighted by atomic mass is 10.0. The molecular weight excluding hydrogens is 255 g/mol. The Morgan fingerprint density at radius 3 is 2.35 bits per heavy atom. The molecule has 0 bridgehead atoms. The Kier molecular flexibility index (Phi) is 6.32. The number of nitrogens with two attached hydrogens (primary N) is 1. The van der Waals surface area contributed by atoms with Crippen molar-refractivity contribution in [3.05, 3.63) is 0 Å². The molecule has 0 aliphatic heterocycles. The fourth-order valence-electron chi connectivity index (χ4n) is 1.25. The van der Waals surface area contributed by atoms with E-state index in [1.165, 1.54) is 0 Å². The number of carbonyl (C=O) groups is 1. The molecule has 0 saturated heterocycles. The molecule has 0 unspecified atom stereocenters. The molecule has 17 heavy (non-hydrogen) atoms. The maximum atomic E-state index is 11.9. The first-order chi connectivity index (χ1) is 7.57. The van der Waals surface area contributed by atoms with E-state index >= 15 is 0 Å². The quantitative estimate of drug-likeness (QED) is 0.756. The second kappa shape index (κ2) is 6.49. The monoisotopic (exact) mass is 273 g/mol. The van der Waals surface area contributed by atoms with E-state index in [2.05, 4.69) is 0 Å². The van der Waals surface area contributed by atoms with Crippen molar-refractivity contribution in [3.8, 4) is 0 Å². The van der Waals surface area contributed by atoms with Crippen LogP contribution in [0.15, 0.2) is 0 Å². The van der Waals surface area contributed by atoms with E-state index in [1.807, 2.05) is 6.92 Å². The summed E-state index contributed by atoms with van der Waals surface area (Å²) in [6.45, 7) is 5.34. The minimum Gasteiger partial charge on any atom is -0.458 e. The second-order valence-corrected chi connectivity index (χ2v) is 5.38. The Bertz CT molecular complexity index is 256. The molecular formula is C10H18F3NO2S. The van der Waals surface area contributed by atoms with Gasteiger partial charge in [0.25, 0.3) is 0 Å². The van der Waals surface area contributed by atoms with Crippen molar-refractivity contribution >= 4 is 17.7 Å². The zero-order valence-corrected chi connectivity index (χ0v) is 11.0. The Labute approximate surface area is 103 Å². The van der Waals surface area contributed by atoms with Crippen molar-refractivity contribution in [2.45, 2.75) is 50.8 Å². The van der Waals surface area contributed by atoms with Gasteiger partial charge in [-0.15, -0.1) is 0 Å². The van der Waals surface area contributed by atoms with Gasteiger partial charge in [-0.3, -0.25) is 4.79 Å². The molecule has 1 atom stereocenters. The molecule has 0 radical (unpaired) electrons. The molecule has 0 aromatic carbocycles. The highest BCUT2D eigenvalue weighted by atomic mass is 32.2. The van der Waals surface area contributed by atoms with Crippen LogP contribution in [0.2, 0.25) is 0 Å². The van der Waals surface area contributed by atoms with Crippen molar-refractivity contribution < 1.29 is 22.7 Å². The zero-order valence-electron chi connectivity index (χ0n) is 10.1. The smallest absolute Gasteiger partial charge is 0.441 e. The Morgan fingerprint density at radius 2 is 1.94 bits per heavy atom. The van der Waals surface area contributed by atoms with Gasteiger partial charge in [0.15, 0.2) is 0 Å². The third-order valence-electron chi connectivity index (χ3n) is 1.96. The van der Waals surface area contributed by atoms with E-state index in [0.29, 0.717) is 6.42 Å². The molecule has 0 aliphatic rings. The van der Waals surface area contributed by atoms with Gasteiger partial charge in [0.2, 0.25) is 0 Å². The SMILES string of the molecule is CCCC(C)(C)OC(=O)[C@@H](N)CSC(F)(F)F. The van der Waals surface area contributed by atoms with Gasteiger partial charge >= 0.3 is 11.5 Å². The van der Waals surface area contributed by atoms with Crippen LogP contribution in [-0.2, 0) is 9.53 Å². The molecule has 0 heterocycles. The number of thioether (sulfide) groups is 1. The number of esters is 1. The standard InChI is InChI=1S/C10H18F3NO2S/c1-4-5-9(2,3)16-8(15)7(14)6-17-10(11,12)13/h7H,4-6,14H2,1-3H3/t7-/m0/s1. The average Bonchev–Trinajstić information content (AvgIpc) is 2.11. The van der Waals surface area contributed by atoms with E-state index in [0.717, 1.165) is 6.42 Å². The second-order valence-electron chi connectivity index (χ2n) is 4.29. The Morgan fingerprint density at radius 1 is 1.41 bits per heavy atom. The van der Waals surface area contributed by atoms with Gasteiger partial charge in [0, 0.05) is 5.75 Å². The first kappa shape index (κ1) is 16.6. The van der Waals surface area contributed by atoms with Crippen LogP contribution < -0.4 is 5.73 Å². The summed E-state index contributed by atoms with van der Waals surface area (Å²) in [6, 6.07) is -1.25. The summed E-state index contributed by atoms with van der Waals surface area (Å²) in [5, 5.41) is 0. The Hall–Kier alpha value is -0.430. The van der Waals surface area contributed by atoms with Gasteiger partial charge in [0.1, 0.15) is 11.6 Å². The average molecular weight is 273 g/mol. The van der Waals surface area contributed by atoms with E-state index in [9.17, 15) is 18.0 Å². The van der Waals surface area contributed by atoms with Gasteiger partial charge in [-0.1, -0.05) is 13.3 Å². The highest BCUT2D eigenvalue weighted by Crippen LogP contribution is 2.30. The molecule has 0 aromatic heterocycles. The van der Waals surface area contributed by atoms with E-state index in [4.69, 9.17) is 10.5 Å². The van der Waals surface area contributed by atoms with Crippen molar-refractivity contribution in [3.63, 3.8) is 0 Å². The molecule has 0 fully saturated rings. The molecule has 0 aliphatic carbocycles. The summed E-state index contributed by atoms with van der Waals surface area (Å²) in [4.78, 5) is 11.4. The summed E-state index contributed by atoms with van der Waals surface area (Å²) >= 11 is -0.316. The summed E-state index contributed by atoms with van der Waals surface area (Å²) in [7, 11) is 0. The molecule has 0 rings (SSSR count).